The van der Waals surface area contributed by atoms with Crippen molar-refractivity contribution in [1.29, 1.82) is 5.41 Å². The van der Waals surface area contributed by atoms with Gasteiger partial charge in [0.25, 0.3) is 0 Å². The number of aryl methyl sites for hydroxylation is 1. The Bertz CT molecular complexity index is 723. The summed E-state index contributed by atoms with van der Waals surface area (Å²) in [5.41, 5.74) is 5.08. The van der Waals surface area contributed by atoms with Gasteiger partial charge in [0.15, 0.2) is 0 Å². The number of hydrogen-bond acceptors (Lipinski definition) is 5. The van der Waals surface area contributed by atoms with Crippen molar-refractivity contribution in [2.45, 2.75) is 26.5 Å². The van der Waals surface area contributed by atoms with Crippen LogP contribution in [0.25, 0.3) is 0 Å². The summed E-state index contributed by atoms with van der Waals surface area (Å²) in [5.74, 6) is -0.443. The second-order valence-corrected chi connectivity index (χ2v) is 5.00. The Morgan fingerprint density at radius 3 is 2.87 bits per heavy atom. The molecule has 3 N–H and O–H groups in total. The molecule has 2 aromatic rings. The monoisotopic (exact) mass is 317 g/mol. The van der Waals surface area contributed by atoms with E-state index >= 15 is 0 Å². The highest BCUT2D eigenvalue weighted by molar-refractivity contribution is 6.47. The predicted molar refractivity (Wildman–Crippen MR) is 87.3 cm³/mol. The number of nitrogens with one attached hydrogen (secondary N) is 2. The van der Waals surface area contributed by atoms with Crippen molar-refractivity contribution in [1.82, 2.24) is 15.2 Å². The number of aliphatic hydroxyl groups is 1. The van der Waals surface area contributed by atoms with Crippen molar-refractivity contribution in [3.05, 3.63) is 53.1 Å². The third-order valence-corrected chi connectivity index (χ3v) is 3.42. The van der Waals surface area contributed by atoms with Crippen LogP contribution in [0, 0.1) is 11.2 Å². The molecule has 0 atom stereocenters. The second-order valence-electron chi connectivity index (χ2n) is 5.00. The highest BCUT2D eigenvalue weighted by Gasteiger charge is 2.16. The minimum Gasteiger partial charge on any atom is -0.392 e. The summed E-state index contributed by atoms with van der Waals surface area (Å²) in [7, 11) is 1.65. The fraction of sp³-hybridized carbons (Fsp3) is 0.312. The molecule has 6 nitrogen and oxygen atoms in total. The van der Waals surface area contributed by atoms with Gasteiger partial charge in [-0.2, -0.15) is 10.2 Å². The number of benzene rings is 1. The molecule has 1 aromatic carbocycles. The number of aromatic nitrogens is 2. The van der Waals surface area contributed by atoms with E-state index in [0.717, 1.165) is 12.1 Å². The van der Waals surface area contributed by atoms with Crippen LogP contribution in [-0.2, 0) is 19.6 Å². The molecular formula is C16H20FN5O. The zero-order valence-electron chi connectivity index (χ0n) is 13.2. The second kappa shape index (κ2) is 7.64. The van der Waals surface area contributed by atoms with Gasteiger partial charge in [-0.3, -0.25) is 10.1 Å². The molecule has 0 aliphatic heterocycles. The molecule has 0 fully saturated rings. The lowest BCUT2D eigenvalue weighted by Gasteiger charge is -2.11. The molecule has 1 aromatic heterocycles. The zero-order valence-corrected chi connectivity index (χ0v) is 13.2. The van der Waals surface area contributed by atoms with Crippen molar-refractivity contribution in [2.75, 3.05) is 7.05 Å². The van der Waals surface area contributed by atoms with E-state index in [9.17, 15) is 9.50 Å². The van der Waals surface area contributed by atoms with Gasteiger partial charge in [-0.25, -0.2) is 4.39 Å². The van der Waals surface area contributed by atoms with E-state index in [1.807, 2.05) is 13.1 Å². The molecule has 0 aliphatic rings. The summed E-state index contributed by atoms with van der Waals surface area (Å²) in [6.07, 6.45) is 4.05. The fourth-order valence-corrected chi connectivity index (χ4v) is 2.28. The van der Waals surface area contributed by atoms with Crippen LogP contribution < -0.4 is 5.43 Å². The average molecular weight is 317 g/mol. The van der Waals surface area contributed by atoms with Crippen LogP contribution >= 0.6 is 0 Å². The van der Waals surface area contributed by atoms with E-state index in [-0.39, 0.29) is 12.3 Å². The van der Waals surface area contributed by atoms with Gasteiger partial charge in [0.05, 0.1) is 24.2 Å². The van der Waals surface area contributed by atoms with Crippen molar-refractivity contribution < 1.29 is 9.50 Å². The molecule has 0 unspecified atom stereocenters. The predicted octanol–water partition coefficient (Wildman–Crippen LogP) is 1.72. The van der Waals surface area contributed by atoms with Crippen LogP contribution in [0.4, 0.5) is 4.39 Å². The molecule has 0 saturated heterocycles. The Kier molecular flexibility index (Phi) is 5.59. The first-order chi connectivity index (χ1) is 11.1. The Morgan fingerprint density at radius 2 is 2.26 bits per heavy atom. The van der Waals surface area contributed by atoms with Crippen LogP contribution in [0.15, 0.2) is 35.7 Å². The van der Waals surface area contributed by atoms with Crippen molar-refractivity contribution >= 4 is 11.4 Å². The van der Waals surface area contributed by atoms with Crippen LogP contribution in [0.5, 0.6) is 0 Å². The van der Waals surface area contributed by atoms with Gasteiger partial charge in [-0.1, -0.05) is 0 Å². The van der Waals surface area contributed by atoms with Crippen molar-refractivity contribution in [3.63, 3.8) is 0 Å². The van der Waals surface area contributed by atoms with E-state index in [1.54, 1.807) is 17.9 Å². The number of nitrogens with zero attached hydrogens (tertiary/aromatic N) is 3. The third-order valence-electron chi connectivity index (χ3n) is 3.42. The van der Waals surface area contributed by atoms with Gasteiger partial charge < -0.3 is 10.5 Å². The summed E-state index contributed by atoms with van der Waals surface area (Å²) in [4.78, 5) is 0. The Balaban J connectivity index is 2.30. The van der Waals surface area contributed by atoms with Gasteiger partial charge in [0, 0.05) is 31.8 Å². The number of aliphatic hydroxyl groups excluding tert-OH is 1. The zero-order chi connectivity index (χ0) is 16.8. The van der Waals surface area contributed by atoms with E-state index in [4.69, 9.17) is 5.41 Å². The quantitative estimate of drug-likeness (QED) is 0.537. The highest BCUT2D eigenvalue weighted by Crippen LogP contribution is 2.14. The number of rotatable bonds is 7. The number of hydrogen-bond donors (Lipinski definition) is 3. The van der Waals surface area contributed by atoms with Crippen molar-refractivity contribution in [2.24, 2.45) is 5.10 Å². The smallest absolute Gasteiger partial charge is 0.123 e. The summed E-state index contributed by atoms with van der Waals surface area (Å²) in [6, 6.07) is 4.00. The van der Waals surface area contributed by atoms with E-state index in [0.29, 0.717) is 23.3 Å². The SMILES string of the molecule is CCn1cc(C/C(=N/NC)C(=N)c2ccc(F)cc2CO)cn1. The normalized spacial score (nSPS) is 11.6. The Morgan fingerprint density at radius 1 is 1.48 bits per heavy atom. The molecule has 0 spiro atoms. The molecular weight excluding hydrogens is 297 g/mol. The van der Waals surface area contributed by atoms with E-state index in [2.05, 4.69) is 15.6 Å². The van der Waals surface area contributed by atoms with Crippen LogP contribution in [0.1, 0.15) is 23.6 Å². The lowest BCUT2D eigenvalue weighted by atomic mass is 9.97. The summed E-state index contributed by atoms with van der Waals surface area (Å²) in [5, 5.41) is 26.1. The molecule has 7 heteroatoms. The molecule has 0 amide bonds. The summed E-state index contributed by atoms with van der Waals surface area (Å²) < 4.78 is 15.1. The fourth-order valence-electron chi connectivity index (χ4n) is 2.28. The van der Waals surface area contributed by atoms with Gasteiger partial charge >= 0.3 is 0 Å². The maximum Gasteiger partial charge on any atom is 0.123 e. The average Bonchev–Trinajstić information content (AvgIpc) is 3.01. The molecule has 0 radical (unpaired) electrons. The van der Waals surface area contributed by atoms with E-state index in [1.165, 1.54) is 18.2 Å². The first-order valence-electron chi connectivity index (χ1n) is 7.32. The highest BCUT2D eigenvalue weighted by atomic mass is 19.1. The van der Waals surface area contributed by atoms with Crippen LogP contribution in [-0.4, -0.2) is 33.4 Å². The molecule has 2 rings (SSSR count). The Hall–Kier alpha value is -2.54. The molecule has 0 saturated carbocycles. The third kappa shape index (κ3) is 4.01. The van der Waals surface area contributed by atoms with Gasteiger partial charge in [-0.05, 0) is 36.2 Å². The van der Waals surface area contributed by atoms with Crippen molar-refractivity contribution in [3.8, 4) is 0 Å². The number of hydrazone groups is 1. The van der Waals surface area contributed by atoms with E-state index < -0.39 is 5.82 Å². The topological polar surface area (TPSA) is 86.3 Å². The van der Waals surface area contributed by atoms with Crippen LogP contribution in [0.2, 0.25) is 0 Å². The lowest BCUT2D eigenvalue weighted by Crippen LogP contribution is -2.21. The molecule has 0 aliphatic carbocycles. The maximum atomic E-state index is 13.3. The minimum absolute atomic E-state index is 0.146. The van der Waals surface area contributed by atoms with Gasteiger partial charge in [0.1, 0.15) is 5.82 Å². The van der Waals surface area contributed by atoms with Gasteiger partial charge in [0.2, 0.25) is 0 Å². The summed E-state index contributed by atoms with van der Waals surface area (Å²) in [6.45, 7) is 2.42. The standard InChI is InChI=1S/C16H20FN5O/c1-3-22-9-11(8-20-22)6-15(21-19-2)16(18)14-5-4-13(17)7-12(14)10-23/h4-5,7-9,18-19,23H,3,6,10H2,1-2H3/b18-16?,21-15-. The first-order valence-corrected chi connectivity index (χ1v) is 7.32. The lowest BCUT2D eigenvalue weighted by molar-refractivity contribution is 0.281. The van der Waals surface area contributed by atoms with Crippen LogP contribution in [0.3, 0.4) is 0 Å². The number of halogens is 1. The maximum absolute atomic E-state index is 13.3. The minimum atomic E-state index is -0.443. The summed E-state index contributed by atoms with van der Waals surface area (Å²) >= 11 is 0. The first kappa shape index (κ1) is 16.8. The Labute approximate surface area is 134 Å². The largest absolute Gasteiger partial charge is 0.392 e. The molecule has 23 heavy (non-hydrogen) atoms. The molecule has 122 valence electrons. The molecule has 1 heterocycles. The molecule has 0 bridgehead atoms. The van der Waals surface area contributed by atoms with Gasteiger partial charge in [-0.15, -0.1) is 0 Å².